The number of halogens is 1. The molecule has 1 atom stereocenters. The molecule has 144 valence electrons. The van der Waals surface area contributed by atoms with Crippen molar-refractivity contribution in [1.29, 1.82) is 0 Å². The van der Waals surface area contributed by atoms with Crippen LogP contribution in [-0.4, -0.2) is 41.2 Å². The number of thioether (sulfide) groups is 1. The van der Waals surface area contributed by atoms with E-state index in [0.29, 0.717) is 10.9 Å². The molecule has 0 aromatic heterocycles. The summed E-state index contributed by atoms with van der Waals surface area (Å²) in [6.07, 6.45) is 1.70. The predicted octanol–water partition coefficient (Wildman–Crippen LogP) is 3.78. The molecule has 7 heteroatoms. The molecule has 0 N–H and O–H groups in total. The molecule has 0 saturated carbocycles. The number of anilines is 1. The summed E-state index contributed by atoms with van der Waals surface area (Å²) in [7, 11) is 3.36. The Labute approximate surface area is 167 Å². The summed E-state index contributed by atoms with van der Waals surface area (Å²) in [4.78, 5) is 32.7. The molecule has 0 fully saturated rings. The number of carbonyl (C=O) groups is 2. The van der Waals surface area contributed by atoms with Crippen molar-refractivity contribution >= 4 is 40.5 Å². The average Bonchev–Trinajstić information content (AvgIpc) is 2.97. The average molecular weight is 397 g/mol. The first-order valence-corrected chi connectivity index (χ1v) is 9.58. The predicted molar refractivity (Wildman–Crippen MR) is 111 cm³/mol. The largest absolute Gasteiger partial charge is 0.348 e. The lowest BCUT2D eigenvalue weighted by molar-refractivity contribution is -0.127. The molecule has 1 heterocycles. The van der Waals surface area contributed by atoms with Gasteiger partial charge in [-0.05, 0) is 42.8 Å². The lowest BCUT2D eigenvalue weighted by Crippen LogP contribution is -2.35. The van der Waals surface area contributed by atoms with Crippen molar-refractivity contribution < 1.29 is 14.0 Å². The Morgan fingerprint density at radius 3 is 2.39 bits per heavy atom. The van der Waals surface area contributed by atoms with Gasteiger partial charge in [0, 0.05) is 14.1 Å². The Hall–Kier alpha value is -2.93. The van der Waals surface area contributed by atoms with E-state index < -0.39 is 11.1 Å². The molecular formula is C21H20FN3O2S. The van der Waals surface area contributed by atoms with E-state index >= 15 is 0 Å². The van der Waals surface area contributed by atoms with Crippen molar-refractivity contribution in [3.8, 4) is 0 Å². The fourth-order valence-electron chi connectivity index (χ4n) is 2.67. The van der Waals surface area contributed by atoms with Crippen LogP contribution in [0.1, 0.15) is 12.5 Å². The lowest BCUT2D eigenvalue weighted by atomic mass is 10.2. The maximum atomic E-state index is 13.3. The molecule has 0 spiro atoms. The number of benzene rings is 2. The number of carbonyl (C=O) groups excluding carboxylic acids is 2. The SMILES string of the molecule is CC(SC1=N/C(=C\c2ccccc2)C(=O)N1c1ccc(F)cc1)C(=O)N(C)C. The number of rotatable bonds is 4. The first-order valence-electron chi connectivity index (χ1n) is 8.70. The van der Waals surface area contributed by atoms with Crippen molar-refractivity contribution in [3.05, 3.63) is 71.7 Å². The van der Waals surface area contributed by atoms with Gasteiger partial charge >= 0.3 is 0 Å². The van der Waals surface area contributed by atoms with Gasteiger partial charge in [0.25, 0.3) is 5.91 Å². The van der Waals surface area contributed by atoms with E-state index in [0.717, 1.165) is 5.56 Å². The lowest BCUT2D eigenvalue weighted by Gasteiger charge is -2.21. The summed E-state index contributed by atoms with van der Waals surface area (Å²) in [6.45, 7) is 1.77. The van der Waals surface area contributed by atoms with Crippen LogP contribution in [-0.2, 0) is 9.59 Å². The minimum absolute atomic E-state index is 0.0836. The van der Waals surface area contributed by atoms with Gasteiger partial charge < -0.3 is 4.90 Å². The molecule has 1 unspecified atom stereocenters. The van der Waals surface area contributed by atoms with Crippen molar-refractivity contribution in [2.45, 2.75) is 12.2 Å². The van der Waals surface area contributed by atoms with Crippen LogP contribution in [0.4, 0.5) is 10.1 Å². The number of hydrogen-bond acceptors (Lipinski definition) is 4. The summed E-state index contributed by atoms with van der Waals surface area (Å²) in [6, 6.07) is 15.0. The summed E-state index contributed by atoms with van der Waals surface area (Å²) >= 11 is 1.20. The quantitative estimate of drug-likeness (QED) is 0.738. The van der Waals surface area contributed by atoms with Gasteiger partial charge in [-0.2, -0.15) is 0 Å². The Morgan fingerprint density at radius 2 is 1.79 bits per heavy atom. The van der Waals surface area contributed by atoms with E-state index in [9.17, 15) is 14.0 Å². The van der Waals surface area contributed by atoms with Crippen LogP contribution >= 0.6 is 11.8 Å². The van der Waals surface area contributed by atoms with Crippen LogP contribution in [0.3, 0.4) is 0 Å². The molecule has 2 aromatic rings. The summed E-state index contributed by atoms with van der Waals surface area (Å²) < 4.78 is 13.3. The maximum absolute atomic E-state index is 13.3. The Bertz CT molecular complexity index is 940. The minimum Gasteiger partial charge on any atom is -0.348 e. The molecular weight excluding hydrogens is 377 g/mol. The third kappa shape index (κ3) is 4.31. The second-order valence-electron chi connectivity index (χ2n) is 6.44. The van der Waals surface area contributed by atoms with Gasteiger partial charge in [0.2, 0.25) is 5.91 Å². The van der Waals surface area contributed by atoms with Crippen LogP contribution in [0.25, 0.3) is 6.08 Å². The second-order valence-corrected chi connectivity index (χ2v) is 7.75. The molecule has 0 saturated heterocycles. The van der Waals surface area contributed by atoms with Gasteiger partial charge in [0.05, 0.1) is 10.9 Å². The monoisotopic (exact) mass is 397 g/mol. The van der Waals surface area contributed by atoms with E-state index in [-0.39, 0.29) is 17.5 Å². The zero-order valence-electron chi connectivity index (χ0n) is 15.8. The summed E-state index contributed by atoms with van der Waals surface area (Å²) in [5.41, 5.74) is 1.61. The Morgan fingerprint density at radius 1 is 1.14 bits per heavy atom. The molecule has 5 nitrogen and oxygen atoms in total. The van der Waals surface area contributed by atoms with E-state index in [1.54, 1.807) is 27.1 Å². The number of aliphatic imine (C=N–C) groups is 1. The van der Waals surface area contributed by atoms with Crippen molar-refractivity contribution in [2.24, 2.45) is 4.99 Å². The normalized spacial score (nSPS) is 16.3. The topological polar surface area (TPSA) is 53.0 Å². The van der Waals surface area contributed by atoms with Gasteiger partial charge in [-0.25, -0.2) is 9.38 Å². The van der Waals surface area contributed by atoms with Gasteiger partial charge in [-0.15, -0.1) is 0 Å². The summed E-state index contributed by atoms with van der Waals surface area (Å²) in [5, 5.41) is -0.0398. The summed E-state index contributed by atoms with van der Waals surface area (Å²) in [5.74, 6) is -0.792. The molecule has 1 aliphatic rings. The van der Waals surface area contributed by atoms with Crippen molar-refractivity contribution in [1.82, 2.24) is 4.90 Å². The van der Waals surface area contributed by atoms with Crippen molar-refractivity contribution in [3.63, 3.8) is 0 Å². The third-order valence-corrected chi connectivity index (χ3v) is 5.13. The molecule has 3 rings (SSSR count). The van der Waals surface area contributed by atoms with Gasteiger partial charge in [0.15, 0.2) is 5.17 Å². The molecule has 28 heavy (non-hydrogen) atoms. The Kier molecular flexibility index (Phi) is 5.94. The molecule has 0 bridgehead atoms. The molecule has 0 radical (unpaired) electrons. The van der Waals surface area contributed by atoms with Crippen molar-refractivity contribution in [2.75, 3.05) is 19.0 Å². The Balaban J connectivity index is 1.97. The van der Waals surface area contributed by atoms with E-state index in [4.69, 9.17) is 0 Å². The van der Waals surface area contributed by atoms with Crippen LogP contribution in [0, 0.1) is 5.82 Å². The number of hydrogen-bond donors (Lipinski definition) is 0. The second kappa shape index (κ2) is 8.39. The molecule has 1 aliphatic heterocycles. The van der Waals surface area contributed by atoms with Gasteiger partial charge in [-0.1, -0.05) is 42.1 Å². The highest BCUT2D eigenvalue weighted by Gasteiger charge is 2.34. The third-order valence-electron chi connectivity index (χ3n) is 4.09. The fraction of sp³-hybridized carbons (Fsp3) is 0.190. The smallest absolute Gasteiger partial charge is 0.283 e. The first kappa shape index (κ1) is 19.8. The van der Waals surface area contributed by atoms with Crippen LogP contribution in [0.15, 0.2) is 65.3 Å². The number of amides is 2. The number of amidine groups is 1. The van der Waals surface area contributed by atoms with E-state index in [1.807, 2.05) is 30.3 Å². The van der Waals surface area contributed by atoms with Crippen LogP contribution in [0.2, 0.25) is 0 Å². The highest BCUT2D eigenvalue weighted by molar-refractivity contribution is 8.15. The first-order chi connectivity index (χ1) is 13.4. The fourth-order valence-corrected chi connectivity index (χ4v) is 3.75. The highest BCUT2D eigenvalue weighted by Crippen LogP contribution is 2.31. The zero-order chi connectivity index (χ0) is 20.3. The minimum atomic E-state index is -0.430. The maximum Gasteiger partial charge on any atom is 0.283 e. The molecule has 2 amide bonds. The van der Waals surface area contributed by atoms with Gasteiger partial charge in [-0.3, -0.25) is 14.5 Å². The van der Waals surface area contributed by atoms with E-state index in [1.165, 1.54) is 45.8 Å². The van der Waals surface area contributed by atoms with Crippen LogP contribution in [0.5, 0.6) is 0 Å². The zero-order valence-corrected chi connectivity index (χ0v) is 16.6. The van der Waals surface area contributed by atoms with Crippen LogP contribution < -0.4 is 4.90 Å². The standard InChI is InChI=1S/C21H20FN3O2S/c1-14(19(26)24(2)3)28-21-23-18(13-15-7-5-4-6-8-15)20(27)25(21)17-11-9-16(22)10-12-17/h4-14H,1-3H3/b18-13-. The van der Waals surface area contributed by atoms with E-state index in [2.05, 4.69) is 4.99 Å². The molecule has 2 aromatic carbocycles. The highest BCUT2D eigenvalue weighted by atomic mass is 32.2. The number of nitrogens with zero attached hydrogens (tertiary/aromatic N) is 3. The van der Waals surface area contributed by atoms with Gasteiger partial charge in [0.1, 0.15) is 11.5 Å². The molecule has 0 aliphatic carbocycles.